The molecule has 3 nitrogen and oxygen atoms in total. The van der Waals surface area contributed by atoms with E-state index in [9.17, 15) is 0 Å². The van der Waals surface area contributed by atoms with Gasteiger partial charge in [-0.25, -0.2) is 0 Å². The lowest BCUT2D eigenvalue weighted by atomic mass is 10.1. The Morgan fingerprint density at radius 1 is 1.35 bits per heavy atom. The van der Waals surface area contributed by atoms with Crippen LogP contribution >= 0.6 is 0 Å². The Hall–Kier alpha value is -1.50. The first-order chi connectivity index (χ1) is 8.17. The van der Waals surface area contributed by atoms with Crippen LogP contribution in [0.1, 0.15) is 25.0 Å². The maximum Gasteiger partial charge on any atom is 0.119 e. The molecule has 0 saturated heterocycles. The van der Waals surface area contributed by atoms with E-state index >= 15 is 0 Å². The van der Waals surface area contributed by atoms with Crippen molar-refractivity contribution in [2.45, 2.75) is 26.6 Å². The zero-order chi connectivity index (χ0) is 12.7. The molecule has 1 N–H and O–H groups in total. The summed E-state index contributed by atoms with van der Waals surface area (Å²) in [6, 6.07) is 5.63. The number of hydrogen-bond acceptors (Lipinski definition) is 3. The second kappa shape index (κ2) is 6.95. The Labute approximate surface area is 102 Å². The van der Waals surface area contributed by atoms with Gasteiger partial charge in [0.1, 0.15) is 12.4 Å². The first kappa shape index (κ1) is 13.6. The summed E-state index contributed by atoms with van der Waals surface area (Å²) in [6.07, 6.45) is 0.167. The zero-order valence-corrected chi connectivity index (χ0v) is 10.5. The van der Waals surface area contributed by atoms with E-state index in [4.69, 9.17) is 14.6 Å². The van der Waals surface area contributed by atoms with Crippen molar-refractivity contribution in [1.82, 2.24) is 0 Å². The minimum atomic E-state index is -0.142. The molecule has 92 valence electrons. The van der Waals surface area contributed by atoms with E-state index in [1.54, 1.807) is 7.11 Å². The molecule has 0 aliphatic heterocycles. The molecule has 0 heterocycles. The van der Waals surface area contributed by atoms with Crippen molar-refractivity contribution in [3.05, 3.63) is 29.3 Å². The monoisotopic (exact) mass is 234 g/mol. The molecule has 3 heteroatoms. The molecular formula is C14H18O3. The third-order valence-corrected chi connectivity index (χ3v) is 2.19. The van der Waals surface area contributed by atoms with Crippen molar-refractivity contribution in [2.24, 2.45) is 0 Å². The molecule has 0 bridgehead atoms. The highest BCUT2D eigenvalue weighted by molar-refractivity contribution is 5.45. The van der Waals surface area contributed by atoms with Crippen LogP contribution in [0.15, 0.2) is 18.2 Å². The maximum atomic E-state index is 8.71. The Kier molecular flexibility index (Phi) is 5.55. The van der Waals surface area contributed by atoms with Crippen molar-refractivity contribution in [2.75, 3.05) is 13.7 Å². The minimum Gasteiger partial charge on any atom is -0.497 e. The SMILES string of the molecule is COc1ccc(C#CCO)c(COC(C)C)c1. The Balaban J connectivity index is 2.94. The minimum absolute atomic E-state index is 0.142. The van der Waals surface area contributed by atoms with Gasteiger partial charge in [0.25, 0.3) is 0 Å². The van der Waals surface area contributed by atoms with Gasteiger partial charge in [0, 0.05) is 5.56 Å². The molecule has 0 aliphatic carbocycles. The van der Waals surface area contributed by atoms with E-state index < -0.39 is 0 Å². The van der Waals surface area contributed by atoms with Crippen LogP contribution in [0.25, 0.3) is 0 Å². The molecule has 0 fully saturated rings. The molecule has 17 heavy (non-hydrogen) atoms. The van der Waals surface area contributed by atoms with Crippen LogP contribution in [-0.4, -0.2) is 24.9 Å². The Bertz CT molecular complexity index is 413. The van der Waals surface area contributed by atoms with Gasteiger partial charge in [-0.05, 0) is 37.6 Å². The first-order valence-corrected chi connectivity index (χ1v) is 5.55. The smallest absolute Gasteiger partial charge is 0.119 e. The average molecular weight is 234 g/mol. The highest BCUT2D eigenvalue weighted by atomic mass is 16.5. The van der Waals surface area contributed by atoms with Crippen molar-refractivity contribution < 1.29 is 14.6 Å². The van der Waals surface area contributed by atoms with E-state index in [1.165, 1.54) is 0 Å². The summed E-state index contributed by atoms with van der Waals surface area (Å²) in [7, 11) is 1.63. The lowest BCUT2D eigenvalue weighted by Crippen LogP contribution is -2.04. The van der Waals surface area contributed by atoms with Crippen LogP contribution in [0.2, 0.25) is 0 Å². The Morgan fingerprint density at radius 3 is 2.71 bits per heavy atom. The summed E-state index contributed by atoms with van der Waals surface area (Å²) in [5.74, 6) is 6.32. The number of hydrogen-bond donors (Lipinski definition) is 1. The van der Waals surface area contributed by atoms with Crippen molar-refractivity contribution in [3.8, 4) is 17.6 Å². The van der Waals surface area contributed by atoms with Crippen LogP contribution in [0.3, 0.4) is 0 Å². The van der Waals surface area contributed by atoms with Gasteiger partial charge in [-0.2, -0.15) is 0 Å². The maximum absolute atomic E-state index is 8.71. The standard InChI is InChI=1S/C14H18O3/c1-11(2)17-10-13-9-14(16-3)7-6-12(13)5-4-8-15/h6-7,9,11,15H,8,10H2,1-3H3. The second-order valence-electron chi connectivity index (χ2n) is 3.84. The van der Waals surface area contributed by atoms with E-state index in [0.717, 1.165) is 16.9 Å². The molecule has 1 aromatic rings. The van der Waals surface area contributed by atoms with Gasteiger partial charge in [-0.15, -0.1) is 0 Å². The van der Waals surface area contributed by atoms with Gasteiger partial charge >= 0.3 is 0 Å². The molecule has 0 aliphatic rings. The molecule has 0 saturated carbocycles. The normalized spacial score (nSPS) is 9.94. The van der Waals surface area contributed by atoms with Gasteiger partial charge in [0.15, 0.2) is 0 Å². The number of ether oxygens (including phenoxy) is 2. The predicted octanol–water partition coefficient (Wildman–Crippen LogP) is 1.96. The highest BCUT2D eigenvalue weighted by Gasteiger charge is 2.04. The zero-order valence-electron chi connectivity index (χ0n) is 10.5. The molecular weight excluding hydrogens is 216 g/mol. The fourth-order valence-corrected chi connectivity index (χ4v) is 1.33. The second-order valence-corrected chi connectivity index (χ2v) is 3.84. The number of aliphatic hydroxyl groups is 1. The summed E-state index contributed by atoms with van der Waals surface area (Å²) in [6.45, 7) is 4.32. The van der Waals surface area contributed by atoms with Crippen LogP contribution in [0, 0.1) is 11.8 Å². The van der Waals surface area contributed by atoms with Gasteiger partial charge in [-0.3, -0.25) is 0 Å². The lowest BCUT2D eigenvalue weighted by Gasteiger charge is -2.10. The average Bonchev–Trinajstić information content (AvgIpc) is 2.34. The summed E-state index contributed by atoms with van der Waals surface area (Å²) in [5, 5.41) is 8.71. The van der Waals surface area contributed by atoms with E-state index in [-0.39, 0.29) is 12.7 Å². The largest absolute Gasteiger partial charge is 0.497 e. The van der Waals surface area contributed by atoms with E-state index in [0.29, 0.717) is 6.61 Å². The van der Waals surface area contributed by atoms with Crippen molar-refractivity contribution >= 4 is 0 Å². The van der Waals surface area contributed by atoms with Crippen LogP contribution in [-0.2, 0) is 11.3 Å². The molecule has 0 atom stereocenters. The quantitative estimate of drug-likeness (QED) is 0.809. The molecule has 0 amide bonds. The van der Waals surface area contributed by atoms with E-state index in [1.807, 2.05) is 32.0 Å². The van der Waals surface area contributed by atoms with Crippen molar-refractivity contribution in [1.29, 1.82) is 0 Å². The third kappa shape index (κ3) is 4.48. The van der Waals surface area contributed by atoms with Gasteiger partial charge in [0.2, 0.25) is 0 Å². The third-order valence-electron chi connectivity index (χ3n) is 2.19. The highest BCUT2D eigenvalue weighted by Crippen LogP contribution is 2.18. The summed E-state index contributed by atoms with van der Waals surface area (Å²) in [5.41, 5.74) is 1.83. The summed E-state index contributed by atoms with van der Waals surface area (Å²) >= 11 is 0. The number of aliphatic hydroxyl groups excluding tert-OH is 1. The summed E-state index contributed by atoms with van der Waals surface area (Å²) < 4.78 is 10.7. The van der Waals surface area contributed by atoms with Crippen LogP contribution in [0.5, 0.6) is 5.75 Å². The predicted molar refractivity (Wildman–Crippen MR) is 66.9 cm³/mol. The molecule has 0 unspecified atom stereocenters. The number of rotatable bonds is 4. The van der Waals surface area contributed by atoms with Crippen LogP contribution in [0.4, 0.5) is 0 Å². The lowest BCUT2D eigenvalue weighted by molar-refractivity contribution is 0.0655. The molecule has 0 spiro atoms. The van der Waals surface area contributed by atoms with Crippen molar-refractivity contribution in [3.63, 3.8) is 0 Å². The topological polar surface area (TPSA) is 38.7 Å². The molecule has 0 radical (unpaired) electrons. The molecule has 0 aromatic heterocycles. The van der Waals surface area contributed by atoms with Gasteiger partial charge < -0.3 is 14.6 Å². The van der Waals surface area contributed by atoms with Crippen LogP contribution < -0.4 is 4.74 Å². The molecule has 1 aromatic carbocycles. The fraction of sp³-hybridized carbons (Fsp3) is 0.429. The van der Waals surface area contributed by atoms with E-state index in [2.05, 4.69) is 11.8 Å². The first-order valence-electron chi connectivity index (χ1n) is 5.55. The fourth-order valence-electron chi connectivity index (χ4n) is 1.33. The van der Waals surface area contributed by atoms with Gasteiger partial charge in [0.05, 0.1) is 19.8 Å². The number of benzene rings is 1. The molecule has 1 rings (SSSR count). The summed E-state index contributed by atoms with van der Waals surface area (Å²) in [4.78, 5) is 0. The van der Waals surface area contributed by atoms with Gasteiger partial charge in [-0.1, -0.05) is 11.8 Å². The number of methoxy groups -OCH3 is 1. The Morgan fingerprint density at radius 2 is 2.12 bits per heavy atom.